The van der Waals surface area contributed by atoms with Crippen molar-refractivity contribution < 1.29 is 4.79 Å². The molecule has 0 aliphatic carbocycles. The van der Waals surface area contributed by atoms with Gasteiger partial charge in [0.2, 0.25) is 5.91 Å². The lowest BCUT2D eigenvalue weighted by atomic mass is 9.99. The summed E-state index contributed by atoms with van der Waals surface area (Å²) in [5.74, 6) is 3.07. The van der Waals surface area contributed by atoms with Gasteiger partial charge in [-0.3, -0.25) is 4.79 Å². The van der Waals surface area contributed by atoms with E-state index >= 15 is 0 Å². The first-order valence-electron chi connectivity index (χ1n) is 6.92. The molecule has 3 nitrogen and oxygen atoms in total. The number of rotatable bonds is 4. The minimum absolute atomic E-state index is 0.309. The van der Waals surface area contributed by atoms with Crippen molar-refractivity contribution in [2.45, 2.75) is 38.6 Å². The van der Waals surface area contributed by atoms with Crippen molar-refractivity contribution in [1.82, 2.24) is 10.2 Å². The predicted molar refractivity (Wildman–Crippen MR) is 73.3 cm³/mol. The van der Waals surface area contributed by atoms with E-state index in [-0.39, 0.29) is 0 Å². The van der Waals surface area contributed by atoms with Gasteiger partial charge < -0.3 is 10.2 Å². The molecule has 1 N–H and O–H groups in total. The molecule has 0 bridgehead atoms. The molecular weight excluding hydrogens is 232 g/mol. The molecule has 1 amide bonds. The molecule has 0 spiro atoms. The van der Waals surface area contributed by atoms with Crippen LogP contribution in [0.5, 0.6) is 0 Å². The highest BCUT2D eigenvalue weighted by Gasteiger charge is 2.31. The summed E-state index contributed by atoms with van der Waals surface area (Å²) < 4.78 is 0. The van der Waals surface area contributed by atoms with Crippen LogP contribution in [0.2, 0.25) is 0 Å². The van der Waals surface area contributed by atoms with E-state index in [4.69, 9.17) is 0 Å². The first kappa shape index (κ1) is 13.2. The van der Waals surface area contributed by atoms with Crippen LogP contribution in [0.15, 0.2) is 0 Å². The van der Waals surface area contributed by atoms with Crippen LogP contribution in [0.1, 0.15) is 32.6 Å². The first-order valence-corrected chi connectivity index (χ1v) is 8.07. The third-order valence-corrected chi connectivity index (χ3v) is 4.84. The monoisotopic (exact) mass is 256 g/mol. The van der Waals surface area contributed by atoms with Crippen LogP contribution in [0.25, 0.3) is 0 Å². The highest BCUT2D eigenvalue weighted by atomic mass is 32.2. The van der Waals surface area contributed by atoms with Gasteiger partial charge in [0.05, 0.1) is 0 Å². The summed E-state index contributed by atoms with van der Waals surface area (Å²) in [6.07, 6.45) is 4.38. The molecule has 0 aromatic heterocycles. The zero-order chi connectivity index (χ0) is 12.1. The standard InChI is InChI=1S/C13H24N2OS/c1-2-7-15(12-3-6-14-10-12)13(16)11-4-8-17-9-5-11/h11-12,14H,2-10H2,1H3. The van der Waals surface area contributed by atoms with Crippen LogP contribution in [0.3, 0.4) is 0 Å². The lowest BCUT2D eigenvalue weighted by Gasteiger charge is -2.33. The highest BCUT2D eigenvalue weighted by molar-refractivity contribution is 7.99. The molecule has 2 fully saturated rings. The van der Waals surface area contributed by atoms with E-state index in [0.29, 0.717) is 17.9 Å². The SMILES string of the molecule is CCCN(C(=O)C1CCSCC1)C1CCNC1. The van der Waals surface area contributed by atoms with Gasteiger partial charge in [-0.15, -0.1) is 0 Å². The molecule has 2 rings (SSSR count). The van der Waals surface area contributed by atoms with E-state index in [1.165, 1.54) is 11.5 Å². The quantitative estimate of drug-likeness (QED) is 0.831. The Morgan fingerprint density at radius 2 is 2.12 bits per heavy atom. The Kier molecular flexibility index (Phi) is 5.16. The van der Waals surface area contributed by atoms with E-state index in [0.717, 1.165) is 45.3 Å². The number of nitrogens with zero attached hydrogens (tertiary/aromatic N) is 1. The van der Waals surface area contributed by atoms with Gasteiger partial charge in [0.25, 0.3) is 0 Å². The van der Waals surface area contributed by atoms with Gasteiger partial charge in [-0.25, -0.2) is 0 Å². The number of hydrogen-bond donors (Lipinski definition) is 1. The summed E-state index contributed by atoms with van der Waals surface area (Å²) in [7, 11) is 0. The predicted octanol–water partition coefficient (Wildman–Crippen LogP) is 1.73. The Morgan fingerprint density at radius 3 is 2.71 bits per heavy atom. The van der Waals surface area contributed by atoms with Crippen molar-refractivity contribution in [1.29, 1.82) is 0 Å². The minimum atomic E-state index is 0.309. The van der Waals surface area contributed by atoms with Crippen molar-refractivity contribution in [2.24, 2.45) is 5.92 Å². The van der Waals surface area contributed by atoms with E-state index in [1.807, 2.05) is 11.8 Å². The number of hydrogen-bond acceptors (Lipinski definition) is 3. The summed E-state index contributed by atoms with van der Waals surface area (Å²) >= 11 is 1.99. The van der Waals surface area contributed by atoms with Crippen molar-refractivity contribution in [3.05, 3.63) is 0 Å². The number of amides is 1. The van der Waals surface area contributed by atoms with Gasteiger partial charge in [0.1, 0.15) is 0 Å². The zero-order valence-corrected chi connectivity index (χ0v) is 11.6. The average Bonchev–Trinajstić information content (AvgIpc) is 2.90. The molecule has 1 unspecified atom stereocenters. The molecule has 0 aromatic rings. The molecule has 2 aliphatic heterocycles. The third-order valence-electron chi connectivity index (χ3n) is 3.79. The largest absolute Gasteiger partial charge is 0.338 e. The maximum atomic E-state index is 12.6. The van der Waals surface area contributed by atoms with Gasteiger partial charge in [-0.05, 0) is 43.7 Å². The Morgan fingerprint density at radius 1 is 1.35 bits per heavy atom. The molecule has 98 valence electrons. The van der Waals surface area contributed by atoms with Crippen LogP contribution in [0.4, 0.5) is 0 Å². The van der Waals surface area contributed by atoms with Gasteiger partial charge >= 0.3 is 0 Å². The Bertz CT molecular complexity index is 248. The highest BCUT2D eigenvalue weighted by Crippen LogP contribution is 2.26. The molecule has 2 heterocycles. The number of carbonyl (C=O) groups is 1. The van der Waals surface area contributed by atoms with E-state index in [9.17, 15) is 4.79 Å². The molecule has 2 aliphatic rings. The maximum Gasteiger partial charge on any atom is 0.226 e. The fraction of sp³-hybridized carbons (Fsp3) is 0.923. The molecule has 0 radical (unpaired) electrons. The second-order valence-corrected chi connectivity index (χ2v) is 6.29. The lowest BCUT2D eigenvalue weighted by molar-refractivity contribution is -0.137. The molecule has 4 heteroatoms. The van der Waals surface area contributed by atoms with Gasteiger partial charge in [-0.2, -0.15) is 11.8 Å². The van der Waals surface area contributed by atoms with Crippen LogP contribution < -0.4 is 5.32 Å². The van der Waals surface area contributed by atoms with E-state index in [1.54, 1.807) is 0 Å². The Labute approximate surface area is 109 Å². The fourth-order valence-electron chi connectivity index (χ4n) is 2.80. The number of carbonyl (C=O) groups excluding carboxylic acids is 1. The normalized spacial score (nSPS) is 26.1. The lowest BCUT2D eigenvalue weighted by Crippen LogP contribution is -2.45. The van der Waals surface area contributed by atoms with Crippen molar-refractivity contribution in [3.8, 4) is 0 Å². The zero-order valence-electron chi connectivity index (χ0n) is 10.8. The maximum absolute atomic E-state index is 12.6. The fourth-order valence-corrected chi connectivity index (χ4v) is 3.90. The third kappa shape index (κ3) is 3.38. The molecule has 0 aromatic carbocycles. The summed E-state index contributed by atoms with van der Waals surface area (Å²) in [6, 6.07) is 0.456. The van der Waals surface area contributed by atoms with Crippen LogP contribution >= 0.6 is 11.8 Å². The van der Waals surface area contributed by atoms with Crippen molar-refractivity contribution >= 4 is 17.7 Å². The van der Waals surface area contributed by atoms with E-state index < -0.39 is 0 Å². The topological polar surface area (TPSA) is 32.3 Å². The second kappa shape index (κ2) is 6.64. The van der Waals surface area contributed by atoms with E-state index in [2.05, 4.69) is 17.1 Å². The average molecular weight is 256 g/mol. The van der Waals surface area contributed by atoms with Gasteiger partial charge in [0, 0.05) is 25.0 Å². The Hall–Kier alpha value is -0.220. The van der Waals surface area contributed by atoms with Gasteiger partial charge in [0.15, 0.2) is 0 Å². The Balaban J connectivity index is 1.95. The summed E-state index contributed by atoms with van der Waals surface area (Å²) in [6.45, 7) is 5.17. The molecule has 1 atom stereocenters. The molecule has 0 saturated carbocycles. The van der Waals surface area contributed by atoms with Crippen molar-refractivity contribution in [3.63, 3.8) is 0 Å². The number of nitrogens with one attached hydrogen (secondary N) is 1. The summed E-state index contributed by atoms with van der Waals surface area (Å²) in [5, 5.41) is 3.37. The number of thioether (sulfide) groups is 1. The smallest absolute Gasteiger partial charge is 0.226 e. The molecule has 2 saturated heterocycles. The first-order chi connectivity index (χ1) is 8.33. The minimum Gasteiger partial charge on any atom is -0.338 e. The summed E-state index contributed by atoms with van der Waals surface area (Å²) in [4.78, 5) is 14.7. The van der Waals surface area contributed by atoms with Crippen LogP contribution in [-0.2, 0) is 4.79 Å². The second-order valence-electron chi connectivity index (χ2n) is 5.06. The van der Waals surface area contributed by atoms with Crippen LogP contribution in [0, 0.1) is 5.92 Å². The molecular formula is C13H24N2OS. The van der Waals surface area contributed by atoms with Gasteiger partial charge in [-0.1, -0.05) is 6.92 Å². The van der Waals surface area contributed by atoms with Crippen molar-refractivity contribution in [2.75, 3.05) is 31.1 Å². The summed E-state index contributed by atoms with van der Waals surface area (Å²) in [5.41, 5.74) is 0. The van der Waals surface area contributed by atoms with Crippen LogP contribution in [-0.4, -0.2) is 48.0 Å². The molecule has 17 heavy (non-hydrogen) atoms.